The quantitative estimate of drug-likeness (QED) is 0.702. The van der Waals surface area contributed by atoms with Gasteiger partial charge < -0.3 is 9.64 Å². The fourth-order valence-electron chi connectivity index (χ4n) is 3.76. The summed E-state index contributed by atoms with van der Waals surface area (Å²) in [5, 5.41) is 0. The number of benzene rings is 2. The summed E-state index contributed by atoms with van der Waals surface area (Å²) in [6, 6.07) is 11.6. The fraction of sp³-hybridized carbons (Fsp3) is 0.333. The largest absolute Gasteiger partial charge is 0.497 e. The average molecular weight is 414 g/mol. The Morgan fingerprint density at radius 2 is 1.66 bits per heavy atom. The van der Waals surface area contributed by atoms with Gasteiger partial charge in [-0.05, 0) is 48.7 Å². The van der Waals surface area contributed by atoms with Crippen LogP contribution in [0, 0.1) is 0 Å². The lowest BCUT2D eigenvalue weighted by Gasteiger charge is -2.26. The number of amides is 1. The van der Waals surface area contributed by atoms with Crippen molar-refractivity contribution >= 4 is 27.4 Å². The molecule has 1 saturated heterocycles. The van der Waals surface area contributed by atoms with Crippen LogP contribution in [0.25, 0.3) is 0 Å². The van der Waals surface area contributed by atoms with E-state index in [1.54, 1.807) is 25.3 Å². The second-order valence-corrected chi connectivity index (χ2v) is 9.15. The maximum Gasteiger partial charge on any atom is 0.299 e. The molecule has 0 spiro atoms. The maximum absolute atomic E-state index is 12.9. The summed E-state index contributed by atoms with van der Waals surface area (Å²) in [4.78, 5) is 26.5. The average Bonchev–Trinajstić information content (AvgIpc) is 2.99. The van der Waals surface area contributed by atoms with Crippen molar-refractivity contribution in [3.05, 3.63) is 53.6 Å². The number of fused-ring (bicyclic) bond motifs is 1. The number of rotatable bonds is 5. The Morgan fingerprint density at radius 1 is 0.966 bits per heavy atom. The van der Waals surface area contributed by atoms with Crippen molar-refractivity contribution in [2.24, 2.45) is 0 Å². The van der Waals surface area contributed by atoms with Crippen LogP contribution < -0.4 is 9.64 Å². The molecule has 2 aromatic carbocycles. The summed E-state index contributed by atoms with van der Waals surface area (Å²) < 4.78 is 32.4. The van der Waals surface area contributed by atoms with Crippen LogP contribution in [0.4, 0.5) is 5.69 Å². The normalized spacial score (nSPS) is 17.5. The summed E-state index contributed by atoms with van der Waals surface area (Å²) in [7, 11) is -2.10. The van der Waals surface area contributed by atoms with E-state index in [0.29, 0.717) is 24.5 Å². The summed E-state index contributed by atoms with van der Waals surface area (Å²) in [5.41, 5.74) is 1.42. The Balaban J connectivity index is 1.64. The molecule has 1 fully saturated rings. The van der Waals surface area contributed by atoms with Crippen molar-refractivity contribution in [1.29, 1.82) is 0 Å². The van der Waals surface area contributed by atoms with Crippen LogP contribution in [0.5, 0.6) is 5.75 Å². The van der Waals surface area contributed by atoms with E-state index in [0.717, 1.165) is 24.8 Å². The van der Waals surface area contributed by atoms with Gasteiger partial charge in [0.05, 0.1) is 29.8 Å². The van der Waals surface area contributed by atoms with Crippen LogP contribution in [0.15, 0.2) is 47.4 Å². The molecule has 29 heavy (non-hydrogen) atoms. The highest BCUT2D eigenvalue weighted by atomic mass is 32.2. The van der Waals surface area contributed by atoms with E-state index in [9.17, 15) is 18.0 Å². The predicted octanol–water partition coefficient (Wildman–Crippen LogP) is 2.60. The third-order valence-electron chi connectivity index (χ3n) is 5.40. The van der Waals surface area contributed by atoms with E-state index in [-0.39, 0.29) is 17.0 Å². The van der Waals surface area contributed by atoms with Crippen molar-refractivity contribution in [2.45, 2.75) is 30.7 Å². The number of hydrogen-bond acceptors (Lipinski definition) is 5. The molecule has 2 aliphatic heterocycles. The second-order valence-electron chi connectivity index (χ2n) is 7.21. The van der Waals surface area contributed by atoms with Gasteiger partial charge in [-0.25, -0.2) is 8.42 Å². The van der Waals surface area contributed by atoms with E-state index in [1.807, 2.05) is 12.1 Å². The van der Waals surface area contributed by atoms with Crippen molar-refractivity contribution in [2.75, 3.05) is 25.1 Å². The highest BCUT2D eigenvalue weighted by Gasteiger charge is 2.37. The van der Waals surface area contributed by atoms with Gasteiger partial charge in [0.2, 0.25) is 10.0 Å². The third kappa shape index (κ3) is 3.54. The van der Waals surface area contributed by atoms with Gasteiger partial charge in [0.25, 0.3) is 11.7 Å². The van der Waals surface area contributed by atoms with Crippen molar-refractivity contribution in [3.63, 3.8) is 0 Å². The van der Waals surface area contributed by atoms with Gasteiger partial charge in [0, 0.05) is 13.1 Å². The summed E-state index contributed by atoms with van der Waals surface area (Å²) >= 11 is 0. The van der Waals surface area contributed by atoms with E-state index >= 15 is 0 Å². The Bertz CT molecular complexity index is 1060. The molecule has 152 valence electrons. The molecule has 0 unspecified atom stereocenters. The first-order valence-corrected chi connectivity index (χ1v) is 11.0. The minimum absolute atomic E-state index is 0.0607. The number of piperidine rings is 1. The van der Waals surface area contributed by atoms with Gasteiger partial charge in [-0.1, -0.05) is 18.6 Å². The minimum Gasteiger partial charge on any atom is -0.497 e. The van der Waals surface area contributed by atoms with Gasteiger partial charge in [-0.2, -0.15) is 4.31 Å². The van der Waals surface area contributed by atoms with Crippen LogP contribution in [-0.4, -0.2) is 44.6 Å². The highest BCUT2D eigenvalue weighted by molar-refractivity contribution is 7.89. The number of carbonyl (C=O) groups is 2. The molecule has 2 aromatic rings. The number of carbonyl (C=O) groups excluding carboxylic acids is 2. The second kappa shape index (κ2) is 7.61. The smallest absolute Gasteiger partial charge is 0.299 e. The van der Waals surface area contributed by atoms with Crippen LogP contribution in [0.1, 0.15) is 35.2 Å². The van der Waals surface area contributed by atoms with Crippen LogP contribution in [0.3, 0.4) is 0 Å². The van der Waals surface area contributed by atoms with Crippen molar-refractivity contribution in [1.82, 2.24) is 4.31 Å². The first kappa shape index (κ1) is 19.6. The lowest BCUT2D eigenvalue weighted by atomic mass is 10.1. The maximum atomic E-state index is 12.9. The van der Waals surface area contributed by atoms with Crippen LogP contribution >= 0.6 is 0 Å². The molecular formula is C21H22N2O5S. The number of ketones is 1. The monoisotopic (exact) mass is 414 g/mol. The zero-order valence-electron chi connectivity index (χ0n) is 16.1. The molecule has 2 heterocycles. The molecule has 0 atom stereocenters. The van der Waals surface area contributed by atoms with Crippen molar-refractivity contribution < 1.29 is 22.7 Å². The minimum atomic E-state index is -3.67. The number of nitrogens with zero attached hydrogens (tertiary/aromatic N) is 2. The molecule has 0 radical (unpaired) electrons. The van der Waals surface area contributed by atoms with E-state index in [1.165, 1.54) is 21.3 Å². The number of Topliss-reactive ketones (excluding diaryl/α,β-unsaturated/α-hetero) is 1. The number of anilines is 1. The van der Waals surface area contributed by atoms with Gasteiger partial charge in [-0.15, -0.1) is 0 Å². The lowest BCUT2D eigenvalue weighted by Crippen LogP contribution is -2.35. The Labute approximate surface area is 169 Å². The molecule has 8 heteroatoms. The summed E-state index contributed by atoms with van der Waals surface area (Å²) in [5.74, 6) is -0.627. The molecule has 0 N–H and O–H groups in total. The first-order valence-electron chi connectivity index (χ1n) is 9.55. The van der Waals surface area contributed by atoms with Gasteiger partial charge in [0.1, 0.15) is 5.75 Å². The zero-order chi connectivity index (χ0) is 20.6. The van der Waals surface area contributed by atoms with Crippen molar-refractivity contribution in [3.8, 4) is 5.75 Å². The topological polar surface area (TPSA) is 84.0 Å². The third-order valence-corrected chi connectivity index (χ3v) is 7.29. The predicted molar refractivity (Wildman–Crippen MR) is 108 cm³/mol. The Hall–Kier alpha value is -2.71. The molecule has 0 aromatic heterocycles. The van der Waals surface area contributed by atoms with E-state index in [2.05, 4.69) is 0 Å². The lowest BCUT2D eigenvalue weighted by molar-refractivity contribution is -0.114. The molecular weight excluding hydrogens is 392 g/mol. The number of sulfonamides is 1. The molecule has 0 aliphatic carbocycles. The summed E-state index contributed by atoms with van der Waals surface area (Å²) in [6.07, 6.45) is 2.68. The number of ether oxygens (including phenoxy) is 1. The Kier molecular flexibility index (Phi) is 5.14. The number of methoxy groups -OCH3 is 1. The summed E-state index contributed by atoms with van der Waals surface area (Å²) in [6.45, 7) is 1.19. The van der Waals surface area contributed by atoms with E-state index < -0.39 is 21.7 Å². The van der Waals surface area contributed by atoms with Crippen LogP contribution in [-0.2, 0) is 21.4 Å². The van der Waals surface area contributed by atoms with Gasteiger partial charge in [0.15, 0.2) is 0 Å². The van der Waals surface area contributed by atoms with Crippen LogP contribution in [0.2, 0.25) is 0 Å². The molecule has 2 aliphatic rings. The Morgan fingerprint density at radius 3 is 2.31 bits per heavy atom. The van der Waals surface area contributed by atoms with Gasteiger partial charge in [-0.3, -0.25) is 9.59 Å². The SMILES string of the molecule is COc1ccc(CN2C(=O)C(=O)c3cc(S(=O)(=O)N4CCCCC4)ccc32)cc1. The molecule has 7 nitrogen and oxygen atoms in total. The molecule has 1 amide bonds. The molecule has 0 saturated carbocycles. The standard InChI is InChI=1S/C21H22N2O5S/c1-28-16-7-5-15(6-8-16)14-23-19-10-9-17(13-18(19)20(24)21(23)25)29(26,27)22-11-3-2-4-12-22/h5-10,13H,2-4,11-12,14H2,1H3. The first-order chi connectivity index (χ1) is 13.9. The van der Waals surface area contributed by atoms with Gasteiger partial charge >= 0.3 is 0 Å². The fourth-order valence-corrected chi connectivity index (χ4v) is 5.31. The molecule has 4 rings (SSSR count). The van der Waals surface area contributed by atoms with E-state index in [4.69, 9.17) is 4.74 Å². The zero-order valence-corrected chi connectivity index (χ0v) is 16.9. The highest BCUT2D eigenvalue weighted by Crippen LogP contribution is 2.33. The number of hydrogen-bond donors (Lipinski definition) is 0. The molecule has 0 bridgehead atoms.